The zero-order valence-corrected chi connectivity index (χ0v) is 11.9. The van der Waals surface area contributed by atoms with Crippen molar-refractivity contribution in [3.05, 3.63) is 30.0 Å². The van der Waals surface area contributed by atoms with Crippen LogP contribution in [0.15, 0.2) is 24.4 Å². The highest BCUT2D eigenvalue weighted by Crippen LogP contribution is 2.24. The van der Waals surface area contributed by atoms with Crippen LogP contribution in [0.1, 0.15) is 5.56 Å². The van der Waals surface area contributed by atoms with Crippen molar-refractivity contribution in [1.82, 2.24) is 4.98 Å². The van der Waals surface area contributed by atoms with Crippen molar-refractivity contribution in [2.24, 2.45) is 5.73 Å². The highest BCUT2D eigenvalue weighted by atomic mass is 16.5. The van der Waals surface area contributed by atoms with Crippen LogP contribution in [0.5, 0.6) is 5.75 Å². The van der Waals surface area contributed by atoms with E-state index in [4.69, 9.17) is 20.3 Å². The summed E-state index contributed by atoms with van der Waals surface area (Å²) in [5.41, 5.74) is 7.79. The highest BCUT2D eigenvalue weighted by Gasteiger charge is 2.08. The minimum absolute atomic E-state index is 0.0539. The lowest BCUT2D eigenvalue weighted by Crippen LogP contribution is -2.24. The molecule has 0 spiro atoms. The van der Waals surface area contributed by atoms with Crippen LogP contribution in [0.4, 0.5) is 0 Å². The maximum atomic E-state index is 9.69. The number of nitrogens with one attached hydrogen (secondary N) is 1. The molecule has 0 amide bonds. The number of hydrogen-bond acceptors (Lipinski definition) is 5. The van der Waals surface area contributed by atoms with Crippen molar-refractivity contribution in [1.29, 1.82) is 0 Å². The first-order chi connectivity index (χ1) is 10.2. The number of rotatable bonds is 9. The summed E-state index contributed by atoms with van der Waals surface area (Å²) in [6, 6.07) is 5.74. The topological polar surface area (TPSA) is 101 Å². The second-order valence-corrected chi connectivity index (χ2v) is 4.82. The molecule has 6 heteroatoms. The minimum atomic E-state index is -0.720. The van der Waals surface area contributed by atoms with Crippen LogP contribution in [-0.2, 0) is 11.2 Å². The number of benzene rings is 1. The van der Waals surface area contributed by atoms with E-state index < -0.39 is 6.10 Å². The smallest absolute Gasteiger partial charge is 0.120 e. The number of aromatic nitrogens is 1. The predicted molar refractivity (Wildman–Crippen MR) is 80.5 cm³/mol. The maximum Gasteiger partial charge on any atom is 0.120 e. The number of aliphatic hydroxyl groups excluding tert-OH is 2. The Hall–Kier alpha value is -1.60. The van der Waals surface area contributed by atoms with Gasteiger partial charge >= 0.3 is 0 Å². The maximum absolute atomic E-state index is 9.69. The Kier molecular flexibility index (Phi) is 6.01. The minimum Gasteiger partial charge on any atom is -0.491 e. The van der Waals surface area contributed by atoms with Gasteiger partial charge in [-0.25, -0.2) is 0 Å². The molecule has 21 heavy (non-hydrogen) atoms. The molecule has 2 aromatic rings. The van der Waals surface area contributed by atoms with E-state index >= 15 is 0 Å². The Morgan fingerprint density at radius 3 is 2.90 bits per heavy atom. The number of aliphatic hydroxyl groups is 2. The molecule has 0 saturated carbocycles. The molecule has 5 N–H and O–H groups in total. The first-order valence-electron chi connectivity index (χ1n) is 7.04. The van der Waals surface area contributed by atoms with E-state index in [1.54, 1.807) is 0 Å². The molecule has 1 aromatic heterocycles. The first-order valence-corrected chi connectivity index (χ1v) is 7.04. The summed E-state index contributed by atoms with van der Waals surface area (Å²) >= 11 is 0. The monoisotopic (exact) mass is 294 g/mol. The molecular weight excluding hydrogens is 272 g/mol. The van der Waals surface area contributed by atoms with Gasteiger partial charge in [0.25, 0.3) is 0 Å². The summed E-state index contributed by atoms with van der Waals surface area (Å²) in [5.74, 6) is 0.696. The zero-order chi connectivity index (χ0) is 15.1. The number of nitrogens with two attached hydrogens (primary N) is 1. The molecule has 0 radical (unpaired) electrons. The zero-order valence-electron chi connectivity index (χ0n) is 11.9. The number of fused-ring (bicyclic) bond motifs is 1. The fourth-order valence-electron chi connectivity index (χ4n) is 2.13. The molecule has 0 aliphatic rings. The van der Waals surface area contributed by atoms with Gasteiger partial charge in [0.1, 0.15) is 18.5 Å². The van der Waals surface area contributed by atoms with Crippen LogP contribution < -0.4 is 10.5 Å². The fraction of sp³-hybridized carbons (Fsp3) is 0.467. The second kappa shape index (κ2) is 7.99. The number of ether oxygens (including phenoxy) is 2. The first kappa shape index (κ1) is 15.8. The molecule has 1 unspecified atom stereocenters. The molecule has 1 atom stereocenters. The lowest BCUT2D eigenvalue weighted by atomic mass is 10.1. The van der Waals surface area contributed by atoms with Crippen molar-refractivity contribution in [2.75, 3.05) is 33.0 Å². The van der Waals surface area contributed by atoms with E-state index in [2.05, 4.69) is 4.98 Å². The molecule has 116 valence electrons. The molecule has 1 heterocycles. The summed E-state index contributed by atoms with van der Waals surface area (Å²) < 4.78 is 10.6. The van der Waals surface area contributed by atoms with E-state index in [9.17, 15) is 5.11 Å². The molecule has 0 aliphatic heterocycles. The Morgan fingerprint density at radius 1 is 1.29 bits per heavy atom. The van der Waals surface area contributed by atoms with Crippen LogP contribution in [0.25, 0.3) is 10.9 Å². The van der Waals surface area contributed by atoms with E-state index in [0.29, 0.717) is 12.3 Å². The second-order valence-electron chi connectivity index (χ2n) is 4.82. The van der Waals surface area contributed by atoms with Gasteiger partial charge in [-0.2, -0.15) is 0 Å². The van der Waals surface area contributed by atoms with Gasteiger partial charge in [-0.05, 0) is 36.7 Å². The van der Waals surface area contributed by atoms with Gasteiger partial charge in [-0.3, -0.25) is 0 Å². The molecule has 1 aromatic carbocycles. The summed E-state index contributed by atoms with van der Waals surface area (Å²) in [7, 11) is 0. The van der Waals surface area contributed by atoms with Crippen molar-refractivity contribution in [2.45, 2.75) is 12.5 Å². The SMILES string of the molecule is NCCc1c[nH]c2ccc(OCC(O)COCCO)cc12. The van der Waals surface area contributed by atoms with Gasteiger partial charge in [0.15, 0.2) is 0 Å². The van der Waals surface area contributed by atoms with Crippen LogP contribution in [0.3, 0.4) is 0 Å². The van der Waals surface area contributed by atoms with Gasteiger partial charge in [-0.1, -0.05) is 0 Å². The fourth-order valence-corrected chi connectivity index (χ4v) is 2.13. The molecule has 6 nitrogen and oxygen atoms in total. The van der Waals surface area contributed by atoms with Crippen LogP contribution in [0, 0.1) is 0 Å². The van der Waals surface area contributed by atoms with E-state index in [0.717, 1.165) is 22.9 Å². The lowest BCUT2D eigenvalue weighted by Gasteiger charge is -2.12. The standard InChI is InChI=1S/C15H22N2O4/c16-4-3-11-8-17-15-2-1-13(7-14(11)15)21-10-12(19)9-20-6-5-18/h1-2,7-8,12,17-19H,3-6,9-10,16H2. The normalized spacial score (nSPS) is 12.7. The van der Waals surface area contributed by atoms with Gasteiger partial charge in [-0.15, -0.1) is 0 Å². The Balaban J connectivity index is 1.94. The number of aromatic amines is 1. The third-order valence-corrected chi connectivity index (χ3v) is 3.14. The highest BCUT2D eigenvalue weighted by molar-refractivity contribution is 5.84. The van der Waals surface area contributed by atoms with Crippen molar-refractivity contribution in [3.8, 4) is 5.75 Å². The molecular formula is C15H22N2O4. The largest absolute Gasteiger partial charge is 0.491 e. The summed E-state index contributed by atoms with van der Waals surface area (Å²) in [6.07, 6.45) is 2.04. The van der Waals surface area contributed by atoms with Gasteiger partial charge in [0, 0.05) is 17.1 Å². The Bertz CT molecular complexity index is 556. The quantitative estimate of drug-likeness (QED) is 0.502. The molecule has 2 rings (SSSR count). The van der Waals surface area contributed by atoms with E-state index in [1.165, 1.54) is 0 Å². The summed E-state index contributed by atoms with van der Waals surface area (Å²) in [5, 5.41) is 19.4. The Labute approximate surface area is 123 Å². The molecule has 0 bridgehead atoms. The van der Waals surface area contributed by atoms with E-state index in [1.807, 2.05) is 24.4 Å². The third kappa shape index (κ3) is 4.44. The van der Waals surface area contributed by atoms with Crippen molar-refractivity contribution in [3.63, 3.8) is 0 Å². The van der Waals surface area contributed by atoms with Gasteiger partial charge in [0.2, 0.25) is 0 Å². The Morgan fingerprint density at radius 2 is 2.14 bits per heavy atom. The van der Waals surface area contributed by atoms with Gasteiger partial charge < -0.3 is 30.4 Å². The molecule has 0 fully saturated rings. The predicted octanol–water partition coefficient (Wildman–Crippen LogP) is 0.418. The van der Waals surface area contributed by atoms with E-state index in [-0.39, 0.29) is 26.4 Å². The number of hydrogen-bond donors (Lipinski definition) is 4. The summed E-state index contributed by atoms with van der Waals surface area (Å²) in [4.78, 5) is 3.20. The average Bonchev–Trinajstić information content (AvgIpc) is 2.88. The number of H-pyrrole nitrogens is 1. The van der Waals surface area contributed by atoms with Crippen LogP contribution in [-0.4, -0.2) is 54.3 Å². The molecule has 0 saturated heterocycles. The van der Waals surface area contributed by atoms with Crippen LogP contribution in [0.2, 0.25) is 0 Å². The third-order valence-electron chi connectivity index (χ3n) is 3.14. The summed E-state index contributed by atoms with van der Waals surface area (Å²) in [6.45, 7) is 1.05. The van der Waals surface area contributed by atoms with Crippen molar-refractivity contribution < 1.29 is 19.7 Å². The van der Waals surface area contributed by atoms with Crippen LogP contribution >= 0.6 is 0 Å². The van der Waals surface area contributed by atoms with Gasteiger partial charge in [0.05, 0.1) is 19.8 Å². The molecule has 0 aliphatic carbocycles. The van der Waals surface area contributed by atoms with Crippen molar-refractivity contribution >= 4 is 10.9 Å². The average molecular weight is 294 g/mol. The lowest BCUT2D eigenvalue weighted by molar-refractivity contribution is 0.00136.